The van der Waals surface area contributed by atoms with Crippen LogP contribution in [-0.4, -0.2) is 10.3 Å². The van der Waals surface area contributed by atoms with Crippen molar-refractivity contribution >= 4 is 43.2 Å². The lowest BCUT2D eigenvalue weighted by Gasteiger charge is -2.12. The van der Waals surface area contributed by atoms with Gasteiger partial charge in [0.05, 0.1) is 5.01 Å². The van der Waals surface area contributed by atoms with Gasteiger partial charge in [0.2, 0.25) is 0 Å². The van der Waals surface area contributed by atoms with E-state index in [2.05, 4.69) is 68.0 Å². The highest BCUT2D eigenvalue weighted by molar-refractivity contribution is 9.10. The van der Waals surface area contributed by atoms with Crippen molar-refractivity contribution in [1.82, 2.24) is 4.98 Å². The first-order valence-electron chi connectivity index (χ1n) is 5.89. The topological polar surface area (TPSA) is 12.9 Å². The summed E-state index contributed by atoms with van der Waals surface area (Å²) < 4.78 is 1.14. The Morgan fingerprint density at radius 1 is 1.22 bits per heavy atom. The molecular weight excluding hydrogens is 374 g/mol. The van der Waals surface area contributed by atoms with Crippen molar-refractivity contribution in [2.75, 3.05) is 5.33 Å². The van der Waals surface area contributed by atoms with Gasteiger partial charge in [0.15, 0.2) is 0 Å². The zero-order chi connectivity index (χ0) is 13.0. The zero-order valence-electron chi connectivity index (χ0n) is 10.2. The van der Waals surface area contributed by atoms with Gasteiger partial charge in [0.1, 0.15) is 0 Å². The molecule has 0 radical (unpaired) electrons. The van der Waals surface area contributed by atoms with E-state index >= 15 is 0 Å². The molecule has 0 fully saturated rings. The predicted molar refractivity (Wildman–Crippen MR) is 85.7 cm³/mol. The first-order valence-corrected chi connectivity index (χ1v) is 8.62. The SMILES string of the molecule is Cc1ncc(CC(CBr)Cc2ccc(Br)cc2)s1. The lowest BCUT2D eigenvalue weighted by Crippen LogP contribution is -2.09. The number of alkyl halides is 1. The van der Waals surface area contributed by atoms with Crippen LogP contribution in [0.5, 0.6) is 0 Å². The number of aromatic nitrogens is 1. The average Bonchev–Trinajstić information content (AvgIpc) is 2.77. The van der Waals surface area contributed by atoms with E-state index in [0.717, 1.165) is 27.7 Å². The van der Waals surface area contributed by atoms with E-state index in [4.69, 9.17) is 0 Å². The van der Waals surface area contributed by atoms with Crippen molar-refractivity contribution in [3.8, 4) is 0 Å². The van der Waals surface area contributed by atoms with Gasteiger partial charge in [0, 0.05) is 20.9 Å². The van der Waals surface area contributed by atoms with Crippen LogP contribution in [0.4, 0.5) is 0 Å². The van der Waals surface area contributed by atoms with Gasteiger partial charge >= 0.3 is 0 Å². The first kappa shape index (κ1) is 14.2. The summed E-state index contributed by atoms with van der Waals surface area (Å²) in [5, 5.41) is 2.18. The summed E-state index contributed by atoms with van der Waals surface area (Å²) in [5.74, 6) is 0.631. The van der Waals surface area contributed by atoms with Crippen LogP contribution in [0.2, 0.25) is 0 Å². The predicted octanol–water partition coefficient (Wildman–Crippen LogP) is 5.01. The van der Waals surface area contributed by atoms with Crippen LogP contribution in [0.25, 0.3) is 0 Å². The minimum atomic E-state index is 0.631. The summed E-state index contributed by atoms with van der Waals surface area (Å²) >= 11 is 8.90. The average molecular weight is 389 g/mol. The second kappa shape index (κ2) is 6.83. The molecule has 0 aliphatic carbocycles. The van der Waals surface area contributed by atoms with Crippen LogP contribution in [-0.2, 0) is 12.8 Å². The second-order valence-electron chi connectivity index (χ2n) is 4.40. The van der Waals surface area contributed by atoms with Crippen LogP contribution >= 0.6 is 43.2 Å². The smallest absolute Gasteiger partial charge is 0.0896 e. The molecule has 0 aliphatic heterocycles. The van der Waals surface area contributed by atoms with Gasteiger partial charge in [-0.05, 0) is 43.4 Å². The maximum atomic E-state index is 4.32. The van der Waals surface area contributed by atoms with Gasteiger partial charge in [-0.2, -0.15) is 0 Å². The molecule has 0 saturated heterocycles. The second-order valence-corrected chi connectivity index (χ2v) is 7.28. The molecule has 0 spiro atoms. The number of rotatable bonds is 5. The normalized spacial score (nSPS) is 12.6. The molecule has 1 atom stereocenters. The van der Waals surface area contributed by atoms with Crippen molar-refractivity contribution in [1.29, 1.82) is 0 Å². The Bertz CT molecular complexity index is 493. The quantitative estimate of drug-likeness (QED) is 0.656. The van der Waals surface area contributed by atoms with Gasteiger partial charge in [-0.3, -0.25) is 0 Å². The minimum absolute atomic E-state index is 0.631. The van der Waals surface area contributed by atoms with Crippen LogP contribution in [0.15, 0.2) is 34.9 Å². The number of hydrogen-bond donors (Lipinski definition) is 0. The Labute approximate surface area is 129 Å². The number of thiazole rings is 1. The number of halogens is 2. The van der Waals surface area contributed by atoms with Gasteiger partial charge in [-0.1, -0.05) is 44.0 Å². The lowest BCUT2D eigenvalue weighted by atomic mass is 9.98. The molecule has 2 aromatic rings. The fourth-order valence-corrected chi connectivity index (χ4v) is 3.55. The van der Waals surface area contributed by atoms with Crippen molar-refractivity contribution < 1.29 is 0 Å². The molecule has 1 aromatic carbocycles. The third-order valence-corrected chi connectivity index (χ3v) is 5.19. The van der Waals surface area contributed by atoms with Gasteiger partial charge in [0.25, 0.3) is 0 Å². The fraction of sp³-hybridized carbons (Fsp3) is 0.357. The molecule has 0 amide bonds. The summed E-state index contributed by atoms with van der Waals surface area (Å²) in [4.78, 5) is 5.70. The Morgan fingerprint density at radius 3 is 2.50 bits per heavy atom. The minimum Gasteiger partial charge on any atom is -0.250 e. The fourth-order valence-electron chi connectivity index (χ4n) is 1.92. The number of hydrogen-bond acceptors (Lipinski definition) is 2. The van der Waals surface area contributed by atoms with E-state index < -0.39 is 0 Å². The van der Waals surface area contributed by atoms with E-state index in [0.29, 0.717) is 5.92 Å². The van der Waals surface area contributed by atoms with E-state index in [-0.39, 0.29) is 0 Å². The lowest BCUT2D eigenvalue weighted by molar-refractivity contribution is 0.596. The molecule has 0 aliphatic rings. The molecule has 0 saturated carbocycles. The first-order chi connectivity index (χ1) is 8.67. The highest BCUT2D eigenvalue weighted by Gasteiger charge is 2.11. The van der Waals surface area contributed by atoms with Gasteiger partial charge in [-0.15, -0.1) is 11.3 Å². The summed E-state index contributed by atoms with van der Waals surface area (Å²) in [5.41, 5.74) is 1.39. The highest BCUT2D eigenvalue weighted by atomic mass is 79.9. The van der Waals surface area contributed by atoms with Crippen LogP contribution in [0.3, 0.4) is 0 Å². The van der Waals surface area contributed by atoms with Crippen LogP contribution in [0, 0.1) is 12.8 Å². The molecule has 1 unspecified atom stereocenters. The van der Waals surface area contributed by atoms with Crippen molar-refractivity contribution in [2.45, 2.75) is 19.8 Å². The Hall–Kier alpha value is -0.190. The number of benzene rings is 1. The molecular formula is C14H15Br2NS. The molecule has 96 valence electrons. The van der Waals surface area contributed by atoms with Crippen molar-refractivity contribution in [3.63, 3.8) is 0 Å². The molecule has 1 nitrogen and oxygen atoms in total. The maximum Gasteiger partial charge on any atom is 0.0896 e. The Morgan fingerprint density at radius 2 is 1.94 bits per heavy atom. The Balaban J connectivity index is 1.99. The van der Waals surface area contributed by atoms with Gasteiger partial charge < -0.3 is 0 Å². The van der Waals surface area contributed by atoms with E-state index in [9.17, 15) is 0 Å². The summed E-state index contributed by atoms with van der Waals surface area (Å²) in [7, 11) is 0. The molecule has 4 heteroatoms. The molecule has 18 heavy (non-hydrogen) atoms. The highest BCUT2D eigenvalue weighted by Crippen LogP contribution is 2.21. The molecule has 1 aromatic heterocycles. The zero-order valence-corrected chi connectivity index (χ0v) is 14.2. The van der Waals surface area contributed by atoms with E-state index in [1.807, 2.05) is 6.20 Å². The summed E-state index contributed by atoms with van der Waals surface area (Å²) in [6.07, 6.45) is 4.22. The van der Waals surface area contributed by atoms with Crippen molar-refractivity contribution in [3.05, 3.63) is 50.4 Å². The van der Waals surface area contributed by atoms with Crippen molar-refractivity contribution in [2.24, 2.45) is 5.92 Å². The summed E-state index contributed by atoms with van der Waals surface area (Å²) in [6.45, 7) is 2.06. The summed E-state index contributed by atoms with van der Waals surface area (Å²) in [6, 6.07) is 8.60. The van der Waals surface area contributed by atoms with Crippen LogP contribution in [0.1, 0.15) is 15.4 Å². The number of nitrogens with zero attached hydrogens (tertiary/aromatic N) is 1. The van der Waals surface area contributed by atoms with E-state index in [1.165, 1.54) is 10.4 Å². The van der Waals surface area contributed by atoms with Gasteiger partial charge in [-0.25, -0.2) is 4.98 Å². The third kappa shape index (κ3) is 4.18. The van der Waals surface area contributed by atoms with Crippen LogP contribution < -0.4 is 0 Å². The largest absolute Gasteiger partial charge is 0.250 e. The third-order valence-electron chi connectivity index (χ3n) is 2.81. The van der Waals surface area contributed by atoms with E-state index in [1.54, 1.807) is 11.3 Å². The Kier molecular flexibility index (Phi) is 5.39. The number of aryl methyl sites for hydroxylation is 1. The molecule has 0 bridgehead atoms. The maximum absolute atomic E-state index is 4.32. The standard InChI is InChI=1S/C14H15Br2NS/c1-10-17-9-14(18-10)7-12(8-15)6-11-2-4-13(16)5-3-11/h2-5,9,12H,6-8H2,1H3. The monoisotopic (exact) mass is 387 g/mol. The molecule has 1 heterocycles. The molecule has 0 N–H and O–H groups in total. The molecule has 2 rings (SSSR count).